The summed E-state index contributed by atoms with van der Waals surface area (Å²) in [6, 6.07) is 16.7. The molecule has 0 saturated carbocycles. The Kier molecular flexibility index (Phi) is 5.49. The predicted octanol–water partition coefficient (Wildman–Crippen LogP) is 4.33. The minimum absolute atomic E-state index is 0.118. The van der Waals surface area contributed by atoms with Gasteiger partial charge in [-0.2, -0.15) is 5.10 Å². The number of halogens is 1. The second-order valence-corrected chi connectivity index (χ2v) is 6.44. The number of carbonyl (C=O) groups is 1. The van der Waals surface area contributed by atoms with Crippen LogP contribution in [0.25, 0.3) is 23.2 Å². The Hall–Kier alpha value is -3.71. The van der Waals surface area contributed by atoms with Gasteiger partial charge < -0.3 is 9.15 Å². The number of benzene rings is 2. The van der Waals surface area contributed by atoms with E-state index in [1.165, 1.54) is 6.08 Å². The summed E-state index contributed by atoms with van der Waals surface area (Å²) in [6.07, 6.45) is 6.42. The molecule has 0 unspecified atom stereocenters. The molecule has 8 heteroatoms. The average molecular weight is 407 g/mol. The van der Waals surface area contributed by atoms with Crippen LogP contribution in [0, 0.1) is 0 Å². The summed E-state index contributed by atoms with van der Waals surface area (Å²) in [4.78, 5) is 11.9. The van der Waals surface area contributed by atoms with Gasteiger partial charge in [0, 0.05) is 28.4 Å². The molecular formula is C21H15ClN4O3. The van der Waals surface area contributed by atoms with Crippen molar-refractivity contribution in [2.45, 2.75) is 6.61 Å². The number of aromatic nitrogens is 4. The molecule has 4 aromatic rings. The number of ether oxygens (including phenoxy) is 1. The van der Waals surface area contributed by atoms with Crippen LogP contribution in [0.5, 0.6) is 0 Å². The molecule has 0 aliphatic heterocycles. The molecule has 2 aromatic carbocycles. The van der Waals surface area contributed by atoms with Crippen molar-refractivity contribution in [1.82, 2.24) is 20.0 Å². The number of para-hydroxylation sites is 1. The van der Waals surface area contributed by atoms with Crippen LogP contribution in [0.4, 0.5) is 0 Å². The molecule has 2 aromatic heterocycles. The van der Waals surface area contributed by atoms with Crippen LogP contribution in [-0.4, -0.2) is 25.9 Å². The first-order valence-electron chi connectivity index (χ1n) is 8.71. The van der Waals surface area contributed by atoms with E-state index >= 15 is 0 Å². The molecule has 7 nitrogen and oxygen atoms in total. The van der Waals surface area contributed by atoms with Gasteiger partial charge in [0.1, 0.15) is 0 Å². The van der Waals surface area contributed by atoms with Crippen molar-refractivity contribution in [2.24, 2.45) is 0 Å². The molecule has 0 fully saturated rings. The van der Waals surface area contributed by atoms with Gasteiger partial charge in [-0.3, -0.25) is 0 Å². The van der Waals surface area contributed by atoms with E-state index in [1.54, 1.807) is 41.2 Å². The Morgan fingerprint density at radius 1 is 1.10 bits per heavy atom. The van der Waals surface area contributed by atoms with Crippen LogP contribution in [0.2, 0.25) is 5.02 Å². The van der Waals surface area contributed by atoms with Gasteiger partial charge in [-0.05, 0) is 42.5 Å². The highest BCUT2D eigenvalue weighted by Gasteiger charge is 2.10. The zero-order chi connectivity index (χ0) is 20.1. The summed E-state index contributed by atoms with van der Waals surface area (Å²) in [5, 5.41) is 12.7. The largest absolute Gasteiger partial charge is 0.452 e. The zero-order valence-corrected chi connectivity index (χ0v) is 15.9. The normalized spacial score (nSPS) is 11.1. The van der Waals surface area contributed by atoms with Crippen molar-refractivity contribution in [3.63, 3.8) is 0 Å². The lowest BCUT2D eigenvalue weighted by atomic mass is 10.2. The number of esters is 1. The highest BCUT2D eigenvalue weighted by molar-refractivity contribution is 6.30. The van der Waals surface area contributed by atoms with Gasteiger partial charge in [-0.1, -0.05) is 29.8 Å². The molecule has 2 heterocycles. The average Bonchev–Trinajstić information content (AvgIpc) is 3.42. The maximum Gasteiger partial charge on any atom is 0.331 e. The molecule has 0 N–H and O–H groups in total. The summed E-state index contributed by atoms with van der Waals surface area (Å²) < 4.78 is 12.4. The van der Waals surface area contributed by atoms with Crippen LogP contribution < -0.4 is 0 Å². The molecule has 0 spiro atoms. The summed E-state index contributed by atoms with van der Waals surface area (Å²) in [6.45, 7) is -0.118. The van der Waals surface area contributed by atoms with E-state index in [1.807, 2.05) is 36.5 Å². The van der Waals surface area contributed by atoms with Gasteiger partial charge in [0.25, 0.3) is 5.89 Å². The van der Waals surface area contributed by atoms with E-state index in [0.717, 1.165) is 16.8 Å². The Bertz CT molecular complexity index is 1130. The predicted molar refractivity (Wildman–Crippen MR) is 107 cm³/mol. The van der Waals surface area contributed by atoms with Gasteiger partial charge in [0.2, 0.25) is 5.89 Å². The first-order valence-corrected chi connectivity index (χ1v) is 9.08. The Labute approximate surface area is 171 Å². The third kappa shape index (κ3) is 4.77. The van der Waals surface area contributed by atoms with Crippen molar-refractivity contribution in [1.29, 1.82) is 0 Å². The van der Waals surface area contributed by atoms with Gasteiger partial charge in [-0.15, -0.1) is 10.2 Å². The standard InChI is InChI=1S/C21H15ClN4O3/c22-17-9-7-16(8-10-17)21-25-24-19(29-21)14-28-20(27)11-6-15-12-23-26(13-15)18-4-2-1-3-5-18/h1-13H,14H2/b11-6+. The summed E-state index contributed by atoms with van der Waals surface area (Å²) in [5.41, 5.74) is 2.44. The molecule has 29 heavy (non-hydrogen) atoms. The first kappa shape index (κ1) is 18.6. The maximum atomic E-state index is 11.9. The molecule has 0 amide bonds. The number of carbonyl (C=O) groups excluding carboxylic acids is 1. The van der Waals surface area contributed by atoms with Crippen molar-refractivity contribution in [3.05, 3.63) is 89.5 Å². The first-order chi connectivity index (χ1) is 14.2. The number of hydrogen-bond donors (Lipinski definition) is 0. The van der Waals surface area contributed by atoms with E-state index in [-0.39, 0.29) is 12.5 Å². The van der Waals surface area contributed by atoms with Crippen LogP contribution >= 0.6 is 11.6 Å². The fraction of sp³-hybridized carbons (Fsp3) is 0.0476. The molecule has 144 valence electrons. The maximum absolute atomic E-state index is 11.9. The monoisotopic (exact) mass is 406 g/mol. The quantitative estimate of drug-likeness (QED) is 0.350. The second kappa shape index (κ2) is 8.53. The van der Waals surface area contributed by atoms with Crippen molar-refractivity contribution < 1.29 is 13.9 Å². The third-order valence-electron chi connectivity index (χ3n) is 3.93. The van der Waals surface area contributed by atoms with E-state index in [2.05, 4.69) is 15.3 Å². The lowest BCUT2D eigenvalue weighted by Gasteiger charge is -1.98. The van der Waals surface area contributed by atoms with Gasteiger partial charge >= 0.3 is 5.97 Å². The number of hydrogen-bond acceptors (Lipinski definition) is 6. The van der Waals surface area contributed by atoms with E-state index in [0.29, 0.717) is 10.9 Å². The van der Waals surface area contributed by atoms with Crippen molar-refractivity contribution >= 4 is 23.6 Å². The topological polar surface area (TPSA) is 83.0 Å². The zero-order valence-electron chi connectivity index (χ0n) is 15.1. The lowest BCUT2D eigenvalue weighted by Crippen LogP contribution is -2.00. The minimum Gasteiger partial charge on any atom is -0.452 e. The molecule has 0 aliphatic rings. The molecule has 4 rings (SSSR count). The number of rotatable bonds is 6. The molecule has 0 radical (unpaired) electrons. The summed E-state index contributed by atoms with van der Waals surface area (Å²) in [5.74, 6) is 0.00823. The summed E-state index contributed by atoms with van der Waals surface area (Å²) >= 11 is 5.86. The SMILES string of the molecule is O=C(/C=C/c1cnn(-c2ccccc2)c1)OCc1nnc(-c2ccc(Cl)cc2)o1. The Morgan fingerprint density at radius 2 is 1.90 bits per heavy atom. The van der Waals surface area contributed by atoms with Crippen LogP contribution in [0.15, 0.2) is 77.5 Å². The smallest absolute Gasteiger partial charge is 0.331 e. The lowest BCUT2D eigenvalue weighted by molar-refractivity contribution is -0.139. The Balaban J connectivity index is 1.32. The molecule has 0 bridgehead atoms. The molecule has 0 aliphatic carbocycles. The van der Waals surface area contributed by atoms with Crippen molar-refractivity contribution in [3.8, 4) is 17.1 Å². The number of nitrogens with zero attached hydrogens (tertiary/aromatic N) is 4. The van der Waals surface area contributed by atoms with E-state index < -0.39 is 5.97 Å². The van der Waals surface area contributed by atoms with E-state index in [4.69, 9.17) is 20.8 Å². The minimum atomic E-state index is -0.524. The van der Waals surface area contributed by atoms with Crippen LogP contribution in [0.1, 0.15) is 11.5 Å². The van der Waals surface area contributed by atoms with E-state index in [9.17, 15) is 4.79 Å². The third-order valence-corrected chi connectivity index (χ3v) is 4.18. The van der Waals surface area contributed by atoms with Crippen LogP contribution in [0.3, 0.4) is 0 Å². The highest BCUT2D eigenvalue weighted by Crippen LogP contribution is 2.20. The van der Waals surface area contributed by atoms with Gasteiger partial charge in [0.15, 0.2) is 6.61 Å². The fourth-order valence-corrected chi connectivity index (χ4v) is 2.64. The Morgan fingerprint density at radius 3 is 2.69 bits per heavy atom. The highest BCUT2D eigenvalue weighted by atomic mass is 35.5. The summed E-state index contributed by atoms with van der Waals surface area (Å²) in [7, 11) is 0. The van der Waals surface area contributed by atoms with Gasteiger partial charge in [0.05, 0.1) is 11.9 Å². The van der Waals surface area contributed by atoms with Crippen molar-refractivity contribution in [2.75, 3.05) is 0 Å². The molecule has 0 saturated heterocycles. The molecular weight excluding hydrogens is 392 g/mol. The van der Waals surface area contributed by atoms with Crippen LogP contribution in [-0.2, 0) is 16.1 Å². The van der Waals surface area contributed by atoms with Gasteiger partial charge in [-0.25, -0.2) is 9.48 Å². The fourth-order valence-electron chi connectivity index (χ4n) is 2.51. The second-order valence-electron chi connectivity index (χ2n) is 6.00. The molecule has 0 atom stereocenters.